The first-order chi connectivity index (χ1) is 9.52. The van der Waals surface area contributed by atoms with Gasteiger partial charge in [-0.2, -0.15) is 0 Å². The van der Waals surface area contributed by atoms with Gasteiger partial charge in [0, 0.05) is 10.6 Å². The number of rotatable bonds is 5. The smallest absolute Gasteiger partial charge is 0.307 e. The van der Waals surface area contributed by atoms with Gasteiger partial charge in [0.05, 0.1) is 12.2 Å². The van der Waals surface area contributed by atoms with Crippen molar-refractivity contribution in [1.82, 2.24) is 9.97 Å². The van der Waals surface area contributed by atoms with E-state index in [9.17, 15) is 4.79 Å². The Morgan fingerprint density at radius 1 is 1.30 bits per heavy atom. The molecule has 1 N–H and O–H groups in total. The first-order valence-corrected chi connectivity index (χ1v) is 7.33. The molecule has 1 heterocycles. The summed E-state index contributed by atoms with van der Waals surface area (Å²) in [7, 11) is 0. The van der Waals surface area contributed by atoms with Crippen LogP contribution in [0.25, 0.3) is 0 Å². The van der Waals surface area contributed by atoms with Gasteiger partial charge >= 0.3 is 5.97 Å². The number of aliphatic carboxylic acids is 1. The third-order valence-corrected chi connectivity index (χ3v) is 3.72. The highest BCUT2D eigenvalue weighted by molar-refractivity contribution is 7.98. The van der Waals surface area contributed by atoms with Crippen LogP contribution in [0.4, 0.5) is 0 Å². The number of aryl methyl sites for hydroxylation is 1. The minimum Gasteiger partial charge on any atom is -0.481 e. The number of aromatic nitrogens is 2. The van der Waals surface area contributed by atoms with Crippen molar-refractivity contribution in [3.05, 3.63) is 52.6 Å². The fourth-order valence-electron chi connectivity index (χ4n) is 1.68. The van der Waals surface area contributed by atoms with Crippen LogP contribution in [0.2, 0.25) is 5.15 Å². The predicted octanol–water partition coefficient (Wildman–Crippen LogP) is 3.36. The van der Waals surface area contributed by atoms with Crippen molar-refractivity contribution in [1.29, 1.82) is 0 Å². The van der Waals surface area contributed by atoms with Crippen molar-refractivity contribution in [2.45, 2.75) is 24.0 Å². The first kappa shape index (κ1) is 14.8. The molecule has 2 aromatic rings. The number of hydrogen-bond acceptors (Lipinski definition) is 4. The second-order valence-corrected chi connectivity index (χ2v) is 5.69. The van der Waals surface area contributed by atoms with Crippen molar-refractivity contribution >= 4 is 29.3 Å². The van der Waals surface area contributed by atoms with E-state index in [2.05, 4.69) is 9.97 Å². The largest absolute Gasteiger partial charge is 0.481 e. The summed E-state index contributed by atoms with van der Waals surface area (Å²) in [5, 5.41) is 9.15. The molecule has 0 aliphatic rings. The molecule has 0 atom stereocenters. The van der Waals surface area contributed by atoms with Crippen LogP contribution in [0.1, 0.15) is 17.1 Å². The lowest BCUT2D eigenvalue weighted by molar-refractivity contribution is -0.136. The zero-order valence-corrected chi connectivity index (χ0v) is 12.4. The van der Waals surface area contributed by atoms with Crippen molar-refractivity contribution in [3.63, 3.8) is 0 Å². The van der Waals surface area contributed by atoms with Gasteiger partial charge in [-0.25, -0.2) is 9.97 Å². The number of nitrogens with zero attached hydrogens (tertiary/aromatic N) is 2. The highest BCUT2D eigenvalue weighted by Gasteiger charge is 2.04. The molecule has 1 aromatic heterocycles. The quantitative estimate of drug-likeness (QED) is 0.678. The van der Waals surface area contributed by atoms with Gasteiger partial charge in [0.25, 0.3) is 0 Å². The van der Waals surface area contributed by atoms with Gasteiger partial charge < -0.3 is 5.11 Å². The lowest BCUT2D eigenvalue weighted by Crippen LogP contribution is -1.99. The molecule has 0 bridgehead atoms. The van der Waals surface area contributed by atoms with E-state index in [1.54, 1.807) is 17.8 Å². The maximum absolute atomic E-state index is 10.6. The van der Waals surface area contributed by atoms with Crippen LogP contribution in [0.5, 0.6) is 0 Å². The normalized spacial score (nSPS) is 10.5. The van der Waals surface area contributed by atoms with Crippen molar-refractivity contribution in [3.8, 4) is 0 Å². The number of carboxylic acids is 1. The fraction of sp³-hybridized carbons (Fsp3) is 0.214. The minimum absolute atomic E-state index is 0.0432. The minimum atomic E-state index is -0.826. The summed E-state index contributed by atoms with van der Waals surface area (Å²) in [5.74, 6) is 0.488. The Labute approximate surface area is 126 Å². The fourth-order valence-corrected chi connectivity index (χ4v) is 2.69. The van der Waals surface area contributed by atoms with Crippen LogP contribution in [-0.4, -0.2) is 21.0 Å². The maximum atomic E-state index is 10.6. The van der Waals surface area contributed by atoms with Gasteiger partial charge in [-0.15, -0.1) is 11.8 Å². The Morgan fingerprint density at radius 2 is 2.00 bits per heavy atom. The predicted molar refractivity (Wildman–Crippen MR) is 79.1 cm³/mol. The highest BCUT2D eigenvalue weighted by atomic mass is 35.5. The Balaban J connectivity index is 1.98. The van der Waals surface area contributed by atoms with Crippen LogP contribution in [0.15, 0.2) is 35.2 Å². The molecular weight excluding hydrogens is 296 g/mol. The van der Waals surface area contributed by atoms with Gasteiger partial charge in [-0.1, -0.05) is 23.7 Å². The van der Waals surface area contributed by atoms with Gasteiger partial charge in [0.1, 0.15) is 11.0 Å². The van der Waals surface area contributed by atoms with E-state index in [4.69, 9.17) is 16.7 Å². The summed E-state index contributed by atoms with van der Waals surface area (Å²) in [6.07, 6.45) is 0.0432. The van der Waals surface area contributed by atoms with Crippen molar-refractivity contribution in [2.24, 2.45) is 0 Å². The molecule has 0 saturated carbocycles. The van der Waals surface area contributed by atoms with Crippen LogP contribution >= 0.6 is 23.4 Å². The number of carbonyl (C=O) groups is 1. The lowest BCUT2D eigenvalue weighted by atomic mass is 10.2. The SMILES string of the molecule is Cc1cc(Cl)nc(CSc2ccc(CC(=O)O)cc2)n1. The van der Waals surface area contributed by atoms with Gasteiger partial charge in [0.15, 0.2) is 0 Å². The molecule has 2 rings (SSSR count). The zero-order chi connectivity index (χ0) is 14.5. The average Bonchev–Trinajstić information content (AvgIpc) is 2.36. The van der Waals surface area contributed by atoms with Gasteiger partial charge in [-0.05, 0) is 30.7 Å². The second-order valence-electron chi connectivity index (χ2n) is 4.25. The van der Waals surface area contributed by atoms with Crippen molar-refractivity contribution in [2.75, 3.05) is 0 Å². The summed E-state index contributed by atoms with van der Waals surface area (Å²) in [5.41, 5.74) is 1.63. The van der Waals surface area contributed by atoms with E-state index < -0.39 is 5.97 Å². The Kier molecular flexibility index (Phi) is 4.98. The summed E-state index contributed by atoms with van der Waals surface area (Å²) in [6.45, 7) is 1.88. The summed E-state index contributed by atoms with van der Waals surface area (Å²) < 4.78 is 0. The van der Waals surface area contributed by atoms with Gasteiger partial charge in [-0.3, -0.25) is 4.79 Å². The maximum Gasteiger partial charge on any atom is 0.307 e. The lowest BCUT2D eigenvalue weighted by Gasteiger charge is -2.04. The van der Waals surface area contributed by atoms with Crippen LogP contribution in [-0.2, 0) is 17.0 Å². The van der Waals surface area contributed by atoms with Crippen LogP contribution < -0.4 is 0 Å². The second kappa shape index (κ2) is 6.72. The van der Waals surface area contributed by atoms with E-state index in [-0.39, 0.29) is 6.42 Å². The van der Waals surface area contributed by atoms with E-state index in [0.29, 0.717) is 16.7 Å². The molecule has 0 unspecified atom stereocenters. The molecule has 0 saturated heterocycles. The Morgan fingerprint density at radius 3 is 2.60 bits per heavy atom. The zero-order valence-electron chi connectivity index (χ0n) is 10.8. The molecule has 0 aliphatic heterocycles. The third kappa shape index (κ3) is 4.51. The third-order valence-electron chi connectivity index (χ3n) is 2.52. The molecule has 1 aromatic carbocycles. The number of halogens is 1. The summed E-state index contributed by atoms with van der Waals surface area (Å²) in [6, 6.07) is 9.16. The molecule has 4 nitrogen and oxygen atoms in total. The summed E-state index contributed by atoms with van der Waals surface area (Å²) >= 11 is 7.47. The van der Waals surface area contributed by atoms with E-state index in [1.807, 2.05) is 31.2 Å². The monoisotopic (exact) mass is 308 g/mol. The molecule has 0 amide bonds. The molecule has 0 radical (unpaired) electrons. The van der Waals surface area contributed by atoms with E-state index in [1.165, 1.54) is 0 Å². The molecule has 0 fully saturated rings. The van der Waals surface area contributed by atoms with E-state index in [0.717, 1.165) is 16.2 Å². The Bertz CT molecular complexity index is 597. The van der Waals surface area contributed by atoms with Crippen LogP contribution in [0.3, 0.4) is 0 Å². The molecule has 104 valence electrons. The number of carboxylic acid groups (broad SMARTS) is 1. The van der Waals surface area contributed by atoms with Gasteiger partial charge in [0.2, 0.25) is 0 Å². The number of hydrogen-bond donors (Lipinski definition) is 1. The molecule has 0 aliphatic carbocycles. The topological polar surface area (TPSA) is 63.1 Å². The number of benzene rings is 1. The first-order valence-electron chi connectivity index (χ1n) is 5.96. The average molecular weight is 309 g/mol. The molecule has 0 spiro atoms. The molecule has 6 heteroatoms. The van der Waals surface area contributed by atoms with E-state index >= 15 is 0 Å². The number of thioether (sulfide) groups is 1. The van der Waals surface area contributed by atoms with Crippen LogP contribution in [0, 0.1) is 6.92 Å². The summed E-state index contributed by atoms with van der Waals surface area (Å²) in [4.78, 5) is 20.1. The standard InChI is InChI=1S/C14H13ClN2O2S/c1-9-6-12(15)17-13(16-9)8-20-11-4-2-10(3-5-11)7-14(18)19/h2-6H,7-8H2,1H3,(H,18,19). The Hall–Kier alpha value is -1.59. The molecular formula is C14H13ClN2O2S. The highest BCUT2D eigenvalue weighted by Crippen LogP contribution is 2.22. The molecule has 20 heavy (non-hydrogen) atoms. The van der Waals surface area contributed by atoms with Crippen molar-refractivity contribution < 1.29 is 9.90 Å².